The maximum atomic E-state index is 12.8. The number of anilines is 3. The molecule has 2 aliphatic carbocycles. The first-order chi connectivity index (χ1) is 45.1. The number of hydrogen-bond donors (Lipinski definition) is 5. The largest absolute Gasteiger partial charge is 0.483 e. The maximum absolute atomic E-state index is 12.8. The number of nitrogens with one attached hydrogen (secondary N) is 4. The summed E-state index contributed by atoms with van der Waals surface area (Å²) in [5, 5.41) is 59.6. The molecule has 5 aliphatic rings. The number of rotatable bonds is 19. The van der Waals surface area contributed by atoms with Crippen molar-refractivity contribution >= 4 is 100 Å². The lowest BCUT2D eigenvalue weighted by molar-refractivity contribution is -0.122. The molecule has 2 saturated carbocycles. The average Bonchev–Trinajstić information content (AvgIpc) is 1.76. The minimum atomic E-state index is -0.343. The fraction of sp³-hybridized carbons (Fsp3) is 0.317. The smallest absolute Gasteiger partial charge is 0.291 e. The molecule has 10 aromatic rings. The third-order valence-corrected chi connectivity index (χ3v) is 17.5. The predicted molar refractivity (Wildman–Crippen MR) is 342 cm³/mol. The molecule has 0 bridgehead atoms. The van der Waals surface area contributed by atoms with Crippen molar-refractivity contribution in [1.29, 1.82) is 0 Å². The normalized spacial score (nSPS) is 18.2. The number of amides is 3. The highest BCUT2D eigenvalue weighted by Crippen LogP contribution is 2.40. The first kappa shape index (κ1) is 62.2. The van der Waals surface area contributed by atoms with Crippen molar-refractivity contribution in [2.75, 3.05) is 42.4 Å². The van der Waals surface area contributed by atoms with Crippen molar-refractivity contribution in [2.45, 2.75) is 94.5 Å². The van der Waals surface area contributed by atoms with E-state index in [4.69, 9.17) is 52.7 Å². The number of furan rings is 3. The zero-order valence-corrected chi connectivity index (χ0v) is 51.8. The molecule has 10 aromatic heterocycles. The van der Waals surface area contributed by atoms with E-state index in [1.165, 1.54) is 34.0 Å². The second-order valence-corrected chi connectivity index (χ2v) is 23.7. The Labute approximate surface area is 535 Å². The van der Waals surface area contributed by atoms with Gasteiger partial charge in [-0.05, 0) is 88.8 Å². The van der Waals surface area contributed by atoms with Crippen LogP contribution in [0.5, 0.6) is 0 Å². The minimum absolute atomic E-state index is 0.142. The van der Waals surface area contributed by atoms with Crippen LogP contribution >= 0.6 is 34.0 Å². The third kappa shape index (κ3) is 14.6. The van der Waals surface area contributed by atoms with Crippen LogP contribution in [-0.4, -0.2) is 147 Å². The molecule has 0 atom stereocenters. The lowest BCUT2D eigenvalue weighted by Gasteiger charge is -2.34. The van der Waals surface area contributed by atoms with E-state index in [0.29, 0.717) is 77.9 Å². The number of aromatic nitrogens is 11. The van der Waals surface area contributed by atoms with Crippen LogP contribution in [0.2, 0.25) is 0 Å². The fourth-order valence-corrected chi connectivity index (χ4v) is 12.3. The number of aromatic amines is 1. The van der Waals surface area contributed by atoms with E-state index < -0.39 is 0 Å². The van der Waals surface area contributed by atoms with E-state index in [1.54, 1.807) is 92.2 Å². The Hall–Kier alpha value is -9.99. The van der Waals surface area contributed by atoms with Crippen LogP contribution in [0.15, 0.2) is 136 Å². The maximum Gasteiger partial charge on any atom is 0.291 e. The summed E-state index contributed by atoms with van der Waals surface area (Å²) < 4.78 is 39.6. The minimum Gasteiger partial charge on any atom is -0.483 e. The standard InChI is InChI=1S/2C20H20N6O3S.C19H18N6O3S.CH2O2/c2*1-2-28-14-7-13(8-14)26-11-15(18(25-26)20-21-5-6-30-20)24-19(27)17-4-3-16(29-17)12-9-22-23-10-12;26-18(16-2-1-15(28-16)12-9-21-22-10-12)23-14-11-25(13-3-6-27-7-4-13)24-17(14)19-20-5-8-29-19;2-1-3/h2*3-6,9-14H,2,7-8H2,1H3,(H,24,27);1-2,5,8-11,13H,3-4,6-7H2,(H,21,22)(H,23,26);1H,(H,2,3). The number of H-pyrrole nitrogens is 1. The summed E-state index contributed by atoms with van der Waals surface area (Å²) in [6, 6.07) is 10.9. The molecule has 3 aliphatic heterocycles. The van der Waals surface area contributed by atoms with E-state index in [0.717, 1.165) is 59.1 Å². The molecule has 15 rings (SSSR count). The van der Waals surface area contributed by atoms with Crippen LogP contribution < -0.4 is 16.0 Å². The Balaban J connectivity index is 0.000000130. The predicted octanol–water partition coefficient (Wildman–Crippen LogP) is 10.8. The molecule has 13 heterocycles. The van der Waals surface area contributed by atoms with Crippen molar-refractivity contribution in [3.63, 3.8) is 0 Å². The first-order valence-electron chi connectivity index (χ1n) is 29.3. The fourth-order valence-electron chi connectivity index (χ4n) is 10.4. The number of ether oxygens (including phenoxy) is 3. The lowest BCUT2D eigenvalue weighted by atomic mass is 9.89. The van der Waals surface area contributed by atoms with Crippen LogP contribution in [0.3, 0.4) is 0 Å². The monoisotopic (exact) mass is 1300 g/mol. The molecule has 29 nitrogen and oxygen atoms in total. The number of carboxylic acid groups (broad SMARTS) is 1. The second-order valence-electron chi connectivity index (χ2n) is 21.0. The van der Waals surface area contributed by atoms with Gasteiger partial charge in [0, 0.05) is 111 Å². The zero-order valence-electron chi connectivity index (χ0n) is 49.3. The van der Waals surface area contributed by atoms with Gasteiger partial charge in [0.25, 0.3) is 24.2 Å². The van der Waals surface area contributed by atoms with Gasteiger partial charge in [-0.2, -0.15) is 40.8 Å². The molecular weight excluding hydrogens is 1240 g/mol. The summed E-state index contributed by atoms with van der Waals surface area (Å²) >= 11 is 4.43. The summed E-state index contributed by atoms with van der Waals surface area (Å²) in [6.45, 7) is 6.60. The van der Waals surface area contributed by atoms with Gasteiger partial charge in [0.15, 0.2) is 17.3 Å². The Kier molecular flexibility index (Phi) is 19.8. The number of nitrogens with zero attached hydrogens (tertiary/aromatic N) is 14. The van der Waals surface area contributed by atoms with Crippen molar-refractivity contribution in [1.82, 2.24) is 54.5 Å². The van der Waals surface area contributed by atoms with Crippen molar-refractivity contribution in [2.24, 2.45) is 20.4 Å². The molecule has 474 valence electrons. The Bertz CT molecular complexity index is 3980. The van der Waals surface area contributed by atoms with Gasteiger partial charge in [0.2, 0.25) is 0 Å². The Morgan fingerprint density at radius 2 is 1.00 bits per heavy atom. The van der Waals surface area contributed by atoms with Gasteiger partial charge in [0.1, 0.15) is 49.4 Å². The van der Waals surface area contributed by atoms with E-state index in [2.05, 4.69) is 61.5 Å². The van der Waals surface area contributed by atoms with Crippen molar-refractivity contribution in [3.05, 3.63) is 131 Å². The molecule has 0 unspecified atom stereocenters. The lowest BCUT2D eigenvalue weighted by Crippen LogP contribution is -2.33. The molecular formula is C60H60N18O11S3. The van der Waals surface area contributed by atoms with E-state index >= 15 is 0 Å². The SMILES string of the molecule is CCOC1CC(n2cc(NC(=O)c3ccc(C4C=NN=C4)o3)c(-c3nccs3)n2)C1.CCOC1CC(n2cc(NC(=O)c3ccc(C4C=NN=C4)o3)c(-c3nccs3)n2)C1.O=C(Nc1cn(C2CCOCC2)nc1-c1nccs1)c1ccc(-c2cn[nH]c2)o1.O=CO. The third-order valence-electron chi connectivity index (χ3n) is 15.1. The highest BCUT2D eigenvalue weighted by Gasteiger charge is 2.35. The second kappa shape index (κ2) is 29.3. The summed E-state index contributed by atoms with van der Waals surface area (Å²) in [4.78, 5) is 59.9. The highest BCUT2D eigenvalue weighted by molar-refractivity contribution is 7.13. The summed E-state index contributed by atoms with van der Waals surface area (Å²) in [5.41, 5.74) is 4.56. The van der Waals surface area contributed by atoms with Gasteiger partial charge in [-0.1, -0.05) is 0 Å². The number of carbonyl (C=O) groups excluding carboxylic acids is 3. The van der Waals surface area contributed by atoms with Gasteiger partial charge in [-0.15, -0.1) is 34.0 Å². The van der Waals surface area contributed by atoms with Gasteiger partial charge in [-0.3, -0.25) is 38.3 Å². The van der Waals surface area contributed by atoms with Crippen molar-refractivity contribution in [3.8, 4) is 43.4 Å². The molecule has 0 spiro atoms. The van der Waals surface area contributed by atoms with E-state index in [9.17, 15) is 14.4 Å². The molecule has 0 radical (unpaired) electrons. The topological polar surface area (TPSA) is 362 Å². The highest BCUT2D eigenvalue weighted by atomic mass is 32.1. The first-order valence-corrected chi connectivity index (χ1v) is 32.0. The number of hydrogen-bond acceptors (Lipinski definition) is 24. The summed E-state index contributed by atoms with van der Waals surface area (Å²) in [6.07, 6.45) is 26.7. The summed E-state index contributed by atoms with van der Waals surface area (Å²) in [7, 11) is 0. The molecule has 92 heavy (non-hydrogen) atoms. The Morgan fingerprint density at radius 3 is 1.38 bits per heavy atom. The molecule has 5 N–H and O–H groups in total. The van der Waals surface area contributed by atoms with Crippen LogP contribution in [-0.2, 0) is 19.0 Å². The number of carbonyl (C=O) groups is 4. The quantitative estimate of drug-likeness (QED) is 0.0470. The van der Waals surface area contributed by atoms with Gasteiger partial charge in [0.05, 0.1) is 71.0 Å². The molecule has 1 saturated heterocycles. The van der Waals surface area contributed by atoms with Gasteiger partial charge < -0.3 is 48.5 Å². The molecule has 3 fully saturated rings. The molecule has 32 heteroatoms. The molecule has 3 amide bonds. The van der Waals surface area contributed by atoms with Crippen molar-refractivity contribution < 1.29 is 51.7 Å². The van der Waals surface area contributed by atoms with Crippen LogP contribution in [0.4, 0.5) is 17.1 Å². The van der Waals surface area contributed by atoms with E-state index in [1.807, 2.05) is 62.6 Å². The number of thiazole rings is 3. The van der Waals surface area contributed by atoms with Crippen LogP contribution in [0.1, 0.15) is 126 Å². The average molecular weight is 1310 g/mol. The van der Waals surface area contributed by atoms with E-state index in [-0.39, 0.29) is 83.6 Å². The van der Waals surface area contributed by atoms with Crippen LogP contribution in [0, 0.1) is 0 Å². The van der Waals surface area contributed by atoms with Gasteiger partial charge in [-0.25, -0.2) is 15.0 Å². The Morgan fingerprint density at radius 1 is 0.598 bits per heavy atom. The summed E-state index contributed by atoms with van der Waals surface area (Å²) in [5.74, 6) is 1.16. The van der Waals surface area contributed by atoms with Gasteiger partial charge >= 0.3 is 0 Å². The van der Waals surface area contributed by atoms with Crippen LogP contribution in [0.25, 0.3) is 43.4 Å². The molecule has 0 aromatic carbocycles. The zero-order chi connectivity index (χ0) is 63.3.